The highest BCUT2D eigenvalue weighted by molar-refractivity contribution is 7.93. The van der Waals surface area contributed by atoms with Gasteiger partial charge < -0.3 is 15.0 Å². The van der Waals surface area contributed by atoms with Crippen LogP contribution < -0.4 is 14.4 Å². The fourth-order valence-corrected chi connectivity index (χ4v) is 6.75. The number of carbonyl (C=O) groups excluding carboxylic acids is 2. The van der Waals surface area contributed by atoms with Gasteiger partial charge in [0.2, 0.25) is 11.8 Å². The number of benzene rings is 3. The minimum atomic E-state index is -3.69. The van der Waals surface area contributed by atoms with E-state index in [1.54, 1.807) is 30.2 Å². The summed E-state index contributed by atoms with van der Waals surface area (Å²) in [5, 5.41) is 4.61. The van der Waals surface area contributed by atoms with Crippen molar-refractivity contribution in [1.29, 1.82) is 0 Å². The SMILES string of the molecule is CC[C@H](C(=O)N[C@@H](C)CC)N(Cc1ccc(OC)cc1)C(=O)CCCN1c2cccc3cccc(c23)S1(=O)=O. The van der Waals surface area contributed by atoms with Crippen LogP contribution in [0.5, 0.6) is 5.75 Å². The summed E-state index contributed by atoms with van der Waals surface area (Å²) in [6, 6.07) is 17.6. The summed E-state index contributed by atoms with van der Waals surface area (Å²) in [4.78, 5) is 28.7. The molecule has 0 spiro atoms. The van der Waals surface area contributed by atoms with E-state index < -0.39 is 16.1 Å². The number of anilines is 1. The largest absolute Gasteiger partial charge is 0.497 e. The summed E-state index contributed by atoms with van der Waals surface area (Å²) in [5.74, 6) is 0.336. The Morgan fingerprint density at radius 3 is 2.33 bits per heavy atom. The summed E-state index contributed by atoms with van der Waals surface area (Å²) in [7, 11) is -2.10. The first-order valence-electron chi connectivity index (χ1n) is 13.5. The van der Waals surface area contributed by atoms with Crippen LogP contribution in [-0.2, 0) is 26.2 Å². The molecule has 8 nitrogen and oxygen atoms in total. The fraction of sp³-hybridized carbons (Fsp3) is 0.400. The molecule has 39 heavy (non-hydrogen) atoms. The molecule has 0 radical (unpaired) electrons. The normalized spacial score (nSPS) is 15.1. The molecule has 208 valence electrons. The van der Waals surface area contributed by atoms with Gasteiger partial charge in [-0.05, 0) is 61.4 Å². The molecule has 1 aliphatic rings. The Kier molecular flexibility index (Phi) is 8.80. The number of methoxy groups -OCH3 is 1. The maximum absolute atomic E-state index is 13.6. The molecule has 0 fully saturated rings. The molecular formula is C30H37N3O5S. The number of amides is 2. The predicted octanol–water partition coefficient (Wildman–Crippen LogP) is 4.86. The minimum absolute atomic E-state index is 0.00537. The Morgan fingerprint density at radius 2 is 1.69 bits per heavy atom. The predicted molar refractivity (Wildman–Crippen MR) is 153 cm³/mol. The van der Waals surface area contributed by atoms with E-state index in [1.807, 2.05) is 63.2 Å². The van der Waals surface area contributed by atoms with Gasteiger partial charge in [-0.3, -0.25) is 13.9 Å². The van der Waals surface area contributed by atoms with Gasteiger partial charge in [0, 0.05) is 30.9 Å². The second kappa shape index (κ2) is 12.1. The van der Waals surface area contributed by atoms with Gasteiger partial charge in [0.1, 0.15) is 11.8 Å². The van der Waals surface area contributed by atoms with Crippen LogP contribution in [0, 0.1) is 0 Å². The van der Waals surface area contributed by atoms with E-state index in [4.69, 9.17) is 4.74 Å². The molecule has 0 aliphatic carbocycles. The molecule has 1 aliphatic heterocycles. The van der Waals surface area contributed by atoms with Crippen LogP contribution in [0.1, 0.15) is 52.0 Å². The van der Waals surface area contributed by atoms with Gasteiger partial charge in [0.25, 0.3) is 10.0 Å². The van der Waals surface area contributed by atoms with Gasteiger partial charge in [-0.1, -0.05) is 50.2 Å². The third kappa shape index (κ3) is 5.88. The van der Waals surface area contributed by atoms with Crippen molar-refractivity contribution in [3.8, 4) is 5.75 Å². The van der Waals surface area contributed by atoms with Crippen LogP contribution in [-0.4, -0.2) is 50.9 Å². The molecule has 4 rings (SSSR count). The first-order valence-corrected chi connectivity index (χ1v) is 14.9. The second-order valence-electron chi connectivity index (χ2n) is 9.92. The number of rotatable bonds is 12. The molecule has 3 aromatic carbocycles. The topological polar surface area (TPSA) is 96.0 Å². The fourth-order valence-electron chi connectivity index (χ4n) is 5.00. The Hall–Kier alpha value is -3.59. The molecule has 9 heteroatoms. The number of carbonyl (C=O) groups is 2. The number of hydrogen-bond donors (Lipinski definition) is 1. The lowest BCUT2D eigenvalue weighted by molar-refractivity contribution is -0.141. The highest BCUT2D eigenvalue weighted by atomic mass is 32.2. The van der Waals surface area contributed by atoms with E-state index >= 15 is 0 Å². The quantitative estimate of drug-likeness (QED) is 0.347. The molecule has 1 N–H and O–H groups in total. The number of nitrogens with zero attached hydrogens (tertiary/aromatic N) is 2. The van der Waals surface area contributed by atoms with E-state index in [0.717, 1.165) is 22.8 Å². The smallest absolute Gasteiger partial charge is 0.265 e. The highest BCUT2D eigenvalue weighted by Gasteiger charge is 2.35. The van der Waals surface area contributed by atoms with E-state index in [1.165, 1.54) is 4.31 Å². The molecule has 0 bridgehead atoms. The molecular weight excluding hydrogens is 514 g/mol. The molecule has 2 atom stereocenters. The number of hydrogen-bond acceptors (Lipinski definition) is 5. The minimum Gasteiger partial charge on any atom is -0.497 e. The van der Waals surface area contributed by atoms with Gasteiger partial charge in [-0.25, -0.2) is 8.42 Å². The van der Waals surface area contributed by atoms with Crippen molar-refractivity contribution in [3.05, 3.63) is 66.2 Å². The molecule has 0 saturated heterocycles. The standard InChI is InChI=1S/C30H37N3O5S/c1-5-21(3)31-30(35)25(6-2)32(20-22-15-17-24(38-4)18-16-22)28(34)14-9-19-33-26-12-7-10-23-11-8-13-27(29(23)26)39(33,36)37/h7-8,10-13,15-18,21,25H,5-6,9,14,19-20H2,1-4H3,(H,31,35)/t21-,25+/m0/s1. The van der Waals surface area contributed by atoms with Gasteiger partial charge in [-0.2, -0.15) is 0 Å². The molecule has 0 aromatic heterocycles. The van der Waals surface area contributed by atoms with E-state index in [2.05, 4.69) is 5.32 Å². The first kappa shape index (κ1) is 28.4. The average Bonchev–Trinajstić information content (AvgIpc) is 3.16. The highest BCUT2D eigenvalue weighted by Crippen LogP contribution is 2.42. The van der Waals surface area contributed by atoms with Crippen LogP contribution in [0.4, 0.5) is 5.69 Å². The zero-order valence-corrected chi connectivity index (χ0v) is 23.8. The second-order valence-corrected chi connectivity index (χ2v) is 11.8. The Bertz CT molecular complexity index is 1430. The van der Waals surface area contributed by atoms with Crippen LogP contribution in [0.3, 0.4) is 0 Å². The summed E-state index contributed by atoms with van der Waals surface area (Å²) >= 11 is 0. The lowest BCUT2D eigenvalue weighted by Crippen LogP contribution is -2.50. The third-order valence-corrected chi connectivity index (χ3v) is 9.19. The number of ether oxygens (including phenoxy) is 1. The van der Waals surface area contributed by atoms with Crippen LogP contribution in [0.25, 0.3) is 10.8 Å². The average molecular weight is 552 g/mol. The van der Waals surface area contributed by atoms with Gasteiger partial charge in [0.15, 0.2) is 0 Å². The molecule has 2 amide bonds. The Morgan fingerprint density at radius 1 is 1.00 bits per heavy atom. The van der Waals surface area contributed by atoms with Gasteiger partial charge in [0.05, 0.1) is 17.7 Å². The lowest BCUT2D eigenvalue weighted by atomic mass is 10.1. The van der Waals surface area contributed by atoms with Crippen LogP contribution in [0.2, 0.25) is 0 Å². The first-order chi connectivity index (χ1) is 18.7. The third-order valence-electron chi connectivity index (χ3n) is 7.33. The van der Waals surface area contributed by atoms with Crippen molar-refractivity contribution in [2.75, 3.05) is 18.0 Å². The van der Waals surface area contributed by atoms with Crippen molar-refractivity contribution >= 4 is 38.3 Å². The zero-order valence-electron chi connectivity index (χ0n) is 23.0. The maximum atomic E-state index is 13.6. The summed E-state index contributed by atoms with van der Waals surface area (Å²) in [5.41, 5.74) is 1.52. The monoisotopic (exact) mass is 551 g/mol. The molecule has 3 aromatic rings. The van der Waals surface area contributed by atoms with Gasteiger partial charge in [-0.15, -0.1) is 0 Å². The summed E-state index contributed by atoms with van der Waals surface area (Å²) in [6.45, 7) is 6.27. The number of sulfonamides is 1. The van der Waals surface area contributed by atoms with E-state index in [9.17, 15) is 18.0 Å². The summed E-state index contributed by atoms with van der Waals surface area (Å²) in [6.07, 6.45) is 1.68. The van der Waals surface area contributed by atoms with Crippen LogP contribution >= 0.6 is 0 Å². The summed E-state index contributed by atoms with van der Waals surface area (Å²) < 4.78 is 33.3. The van der Waals surface area contributed by atoms with Crippen molar-refractivity contribution in [1.82, 2.24) is 10.2 Å². The molecule has 0 unspecified atom stereocenters. The molecule has 1 heterocycles. The zero-order chi connectivity index (χ0) is 28.2. The van der Waals surface area contributed by atoms with Crippen LogP contribution in [0.15, 0.2) is 65.6 Å². The molecule has 0 saturated carbocycles. The van der Waals surface area contributed by atoms with Crippen molar-refractivity contribution in [2.24, 2.45) is 0 Å². The lowest BCUT2D eigenvalue weighted by Gasteiger charge is -2.32. The van der Waals surface area contributed by atoms with Crippen molar-refractivity contribution < 1.29 is 22.7 Å². The Labute approximate surface area is 231 Å². The maximum Gasteiger partial charge on any atom is 0.265 e. The van der Waals surface area contributed by atoms with E-state index in [-0.39, 0.29) is 37.4 Å². The van der Waals surface area contributed by atoms with Crippen molar-refractivity contribution in [3.63, 3.8) is 0 Å². The van der Waals surface area contributed by atoms with E-state index in [0.29, 0.717) is 29.2 Å². The van der Waals surface area contributed by atoms with Crippen molar-refractivity contribution in [2.45, 2.75) is 70.0 Å². The Balaban J connectivity index is 1.52. The van der Waals surface area contributed by atoms with Gasteiger partial charge >= 0.3 is 0 Å². The number of nitrogens with one attached hydrogen (secondary N) is 1.